The fourth-order valence-electron chi connectivity index (χ4n) is 8.54. The van der Waals surface area contributed by atoms with E-state index in [9.17, 15) is 19.8 Å². The number of fused-ring (bicyclic) bond motifs is 2. The van der Waals surface area contributed by atoms with Crippen LogP contribution in [0.1, 0.15) is 53.4 Å². The lowest BCUT2D eigenvalue weighted by molar-refractivity contribution is -0.179. The molecule has 0 radical (unpaired) electrons. The van der Waals surface area contributed by atoms with Crippen molar-refractivity contribution in [3.63, 3.8) is 0 Å². The van der Waals surface area contributed by atoms with Gasteiger partial charge >= 0.3 is 0 Å². The molecule has 4 fully saturated rings. The summed E-state index contributed by atoms with van der Waals surface area (Å²) in [6, 6.07) is 0. The first-order valence-electron chi connectivity index (χ1n) is 10.6. The van der Waals surface area contributed by atoms with E-state index in [-0.39, 0.29) is 23.4 Å². The van der Waals surface area contributed by atoms with Crippen molar-refractivity contribution >= 4 is 23.2 Å². The number of ketones is 2. The minimum Gasteiger partial charge on any atom is -0.392 e. The van der Waals surface area contributed by atoms with Gasteiger partial charge in [-0.05, 0) is 43.8 Å². The van der Waals surface area contributed by atoms with Crippen LogP contribution in [0.5, 0.6) is 0 Å². The van der Waals surface area contributed by atoms with Gasteiger partial charge in [-0.3, -0.25) is 9.59 Å². The largest absolute Gasteiger partial charge is 0.392 e. The highest BCUT2D eigenvalue weighted by Gasteiger charge is 2.92. The normalized spacial score (nSPS) is 57.3. The number of rotatable bonds is 2. The number of nitrogens with one attached hydrogen (secondary N) is 1. The quantitative estimate of drug-likeness (QED) is 0.471. The van der Waals surface area contributed by atoms with Gasteiger partial charge in [0.1, 0.15) is 5.60 Å². The van der Waals surface area contributed by atoms with Crippen LogP contribution in [-0.2, 0) is 9.59 Å². The lowest BCUT2D eigenvalue weighted by Crippen LogP contribution is -2.70. The SMILES string of the molecule is C[C@@H]1C[C@@]23N[C@]24CCC2=CC(=O)C=C[C@]2(C)[C@@]4(C)[C@@H](O)C[C@]3(C)[C@@]1(O)C(=O)CCl. The van der Waals surface area contributed by atoms with E-state index in [4.69, 9.17) is 11.6 Å². The first-order valence-corrected chi connectivity index (χ1v) is 11.2. The number of hydrogen-bond acceptors (Lipinski definition) is 5. The smallest absolute Gasteiger partial charge is 0.179 e. The highest BCUT2D eigenvalue weighted by atomic mass is 35.5. The fraction of sp³-hybridized carbons (Fsp3) is 0.739. The van der Waals surface area contributed by atoms with Gasteiger partial charge in [0.2, 0.25) is 0 Å². The monoisotopic (exact) mass is 419 g/mol. The second kappa shape index (κ2) is 5.24. The van der Waals surface area contributed by atoms with Crippen LogP contribution in [0.4, 0.5) is 0 Å². The lowest BCUT2D eigenvalue weighted by Gasteiger charge is -2.63. The molecule has 0 aromatic carbocycles. The Hall–Kier alpha value is -1.01. The van der Waals surface area contributed by atoms with Crippen LogP contribution < -0.4 is 5.32 Å². The zero-order chi connectivity index (χ0) is 21.3. The summed E-state index contributed by atoms with van der Waals surface area (Å²) in [5.74, 6) is -0.838. The van der Waals surface area contributed by atoms with Gasteiger partial charge in [-0.2, -0.15) is 0 Å². The van der Waals surface area contributed by atoms with E-state index in [1.54, 1.807) is 12.2 Å². The Balaban J connectivity index is 1.71. The van der Waals surface area contributed by atoms with Crippen molar-refractivity contribution < 1.29 is 19.8 Å². The zero-order valence-electron chi connectivity index (χ0n) is 17.5. The van der Waals surface area contributed by atoms with Gasteiger partial charge in [-0.1, -0.05) is 39.3 Å². The maximum Gasteiger partial charge on any atom is 0.179 e. The van der Waals surface area contributed by atoms with Gasteiger partial charge in [0, 0.05) is 27.3 Å². The molecule has 0 unspecified atom stereocenters. The molecular formula is C23H30ClNO4. The molecule has 2 spiro atoms. The van der Waals surface area contributed by atoms with E-state index in [0.29, 0.717) is 12.8 Å². The van der Waals surface area contributed by atoms with Crippen LogP contribution in [0.3, 0.4) is 0 Å². The van der Waals surface area contributed by atoms with Crippen LogP contribution in [0.25, 0.3) is 0 Å². The molecule has 3 N–H and O–H groups in total. The van der Waals surface area contributed by atoms with Crippen molar-refractivity contribution in [3.8, 4) is 0 Å². The van der Waals surface area contributed by atoms with Gasteiger partial charge < -0.3 is 15.5 Å². The number of alkyl halides is 1. The number of hydrogen-bond donors (Lipinski definition) is 3. The van der Waals surface area contributed by atoms with Gasteiger partial charge in [-0.25, -0.2) is 0 Å². The van der Waals surface area contributed by atoms with Crippen molar-refractivity contribution in [2.45, 2.75) is 76.2 Å². The highest BCUT2D eigenvalue weighted by Crippen LogP contribution is 2.81. The maximum absolute atomic E-state index is 12.9. The molecule has 1 saturated heterocycles. The minimum absolute atomic E-state index is 0.00204. The third-order valence-electron chi connectivity index (χ3n) is 10.3. The molecule has 0 aromatic rings. The second-order valence-corrected chi connectivity index (χ2v) is 11.0. The summed E-state index contributed by atoms with van der Waals surface area (Å²) in [5, 5.41) is 27.2. The fourth-order valence-corrected chi connectivity index (χ4v) is 8.75. The average Bonchev–Trinajstić information content (AvgIpc) is 3.30. The van der Waals surface area contributed by atoms with Gasteiger partial charge in [-0.15, -0.1) is 11.6 Å². The van der Waals surface area contributed by atoms with Crippen molar-refractivity contribution in [3.05, 3.63) is 23.8 Å². The predicted octanol–water partition coefficient (Wildman–Crippen LogP) is 2.29. The van der Waals surface area contributed by atoms with Crippen LogP contribution in [-0.4, -0.2) is 50.4 Å². The van der Waals surface area contributed by atoms with E-state index in [1.807, 2.05) is 19.9 Å². The first kappa shape index (κ1) is 19.9. The number of aliphatic hydroxyl groups is 2. The third-order valence-corrected chi connectivity index (χ3v) is 10.6. The maximum atomic E-state index is 12.9. The molecular weight excluding hydrogens is 390 g/mol. The van der Waals surface area contributed by atoms with Crippen molar-refractivity contribution in [1.29, 1.82) is 0 Å². The van der Waals surface area contributed by atoms with Crippen molar-refractivity contribution in [1.82, 2.24) is 5.32 Å². The van der Waals surface area contributed by atoms with Gasteiger partial charge in [0.25, 0.3) is 0 Å². The van der Waals surface area contributed by atoms with E-state index in [2.05, 4.69) is 19.2 Å². The van der Waals surface area contributed by atoms with Crippen LogP contribution >= 0.6 is 11.6 Å². The van der Waals surface area contributed by atoms with Gasteiger partial charge in [0.15, 0.2) is 11.6 Å². The molecule has 3 saturated carbocycles. The van der Waals surface area contributed by atoms with E-state index >= 15 is 0 Å². The molecule has 6 heteroatoms. The number of allylic oxidation sites excluding steroid dienone is 4. The molecule has 0 amide bonds. The molecule has 8 atom stereocenters. The third kappa shape index (κ3) is 1.69. The van der Waals surface area contributed by atoms with E-state index in [1.165, 1.54) is 0 Å². The van der Waals surface area contributed by atoms with Crippen LogP contribution in [0.15, 0.2) is 23.8 Å². The molecule has 29 heavy (non-hydrogen) atoms. The Morgan fingerprint density at radius 3 is 2.62 bits per heavy atom. The molecule has 5 rings (SSSR count). The molecule has 158 valence electrons. The Kier molecular flexibility index (Phi) is 3.60. The Morgan fingerprint density at radius 1 is 1.28 bits per heavy atom. The molecule has 4 aliphatic carbocycles. The molecule has 0 aromatic heterocycles. The standard InChI is InChI=1S/C23H30ClNO4/c1-13-10-22-19(3,23(13,29)17(28)12-24)11-16(27)20(4)18(2)7-6-15(26)9-14(18)5-8-21(20,22)25-22/h6-7,9,13,16,25,27,29H,5,8,10-12H2,1-4H3/t13-,16+,18+,19+,20-,21+,22+,23+/m1/s1. The van der Waals surface area contributed by atoms with Crippen molar-refractivity contribution in [2.24, 2.45) is 22.2 Å². The molecule has 1 heterocycles. The van der Waals surface area contributed by atoms with E-state index < -0.39 is 39.0 Å². The summed E-state index contributed by atoms with van der Waals surface area (Å²) >= 11 is 5.92. The molecule has 5 aliphatic rings. The summed E-state index contributed by atoms with van der Waals surface area (Å²) in [7, 11) is 0. The van der Waals surface area contributed by atoms with Gasteiger partial charge in [0.05, 0.1) is 12.0 Å². The minimum atomic E-state index is -1.57. The highest BCUT2D eigenvalue weighted by molar-refractivity contribution is 6.29. The first-order chi connectivity index (χ1) is 13.4. The Morgan fingerprint density at radius 2 is 1.97 bits per heavy atom. The number of carbonyl (C=O) groups is 2. The number of aliphatic hydroxyl groups excluding tert-OH is 1. The topological polar surface area (TPSA) is 96.5 Å². The Bertz CT molecular complexity index is 915. The number of carbonyl (C=O) groups excluding carboxylic acids is 2. The summed E-state index contributed by atoms with van der Waals surface area (Å²) in [5.41, 5.74) is -3.17. The summed E-state index contributed by atoms with van der Waals surface area (Å²) in [6.07, 6.45) is 7.09. The summed E-state index contributed by atoms with van der Waals surface area (Å²) < 4.78 is 0. The number of Topliss-reactive ketones (excluding diaryl/α,β-unsaturated/α-hetero) is 1. The lowest BCUT2D eigenvalue weighted by atomic mass is 9.39. The molecule has 5 nitrogen and oxygen atoms in total. The Labute approximate surface area is 176 Å². The van der Waals surface area contributed by atoms with Crippen LogP contribution in [0, 0.1) is 22.2 Å². The average molecular weight is 420 g/mol. The molecule has 1 aliphatic heterocycles. The van der Waals surface area contributed by atoms with Crippen LogP contribution in [0.2, 0.25) is 0 Å². The summed E-state index contributed by atoms with van der Waals surface area (Å²) in [4.78, 5) is 24.9. The second-order valence-electron chi connectivity index (χ2n) is 10.7. The van der Waals surface area contributed by atoms with Crippen molar-refractivity contribution in [2.75, 3.05) is 5.88 Å². The predicted molar refractivity (Wildman–Crippen MR) is 109 cm³/mol. The van der Waals surface area contributed by atoms with E-state index in [0.717, 1.165) is 18.4 Å². The zero-order valence-corrected chi connectivity index (χ0v) is 18.3. The molecule has 0 bridgehead atoms. The summed E-state index contributed by atoms with van der Waals surface area (Å²) in [6.45, 7) is 8.13. The number of halogens is 1.